The molecule has 0 aromatic carbocycles. The smallest absolute Gasteiger partial charge is 0.00765 e. The van der Waals surface area contributed by atoms with Crippen molar-refractivity contribution in [1.82, 2.24) is 10.6 Å². The first-order valence-electron chi connectivity index (χ1n) is 3.72. The van der Waals surface area contributed by atoms with Crippen LogP contribution in [0.25, 0.3) is 0 Å². The van der Waals surface area contributed by atoms with E-state index in [0.29, 0.717) is 6.04 Å². The molecule has 1 fully saturated rings. The van der Waals surface area contributed by atoms with Gasteiger partial charge in [-0.2, -0.15) is 0 Å². The highest BCUT2D eigenvalue weighted by atomic mass is 14.9. The molecular formula is C7H16N2. The molecule has 0 bridgehead atoms. The van der Waals surface area contributed by atoms with Crippen molar-refractivity contribution in [3.63, 3.8) is 0 Å². The molecule has 0 aromatic rings. The van der Waals surface area contributed by atoms with Gasteiger partial charge in [-0.1, -0.05) is 0 Å². The Morgan fingerprint density at radius 1 is 1.67 bits per heavy atom. The van der Waals surface area contributed by atoms with Gasteiger partial charge in [-0.15, -0.1) is 0 Å². The highest BCUT2D eigenvalue weighted by molar-refractivity contribution is 4.78. The Morgan fingerprint density at radius 2 is 2.44 bits per heavy atom. The van der Waals surface area contributed by atoms with Crippen LogP contribution in [0.4, 0.5) is 0 Å². The molecule has 54 valence electrons. The molecule has 1 saturated heterocycles. The van der Waals surface area contributed by atoms with E-state index in [9.17, 15) is 0 Å². The van der Waals surface area contributed by atoms with Crippen LogP contribution in [-0.2, 0) is 0 Å². The van der Waals surface area contributed by atoms with E-state index in [2.05, 4.69) is 17.6 Å². The maximum absolute atomic E-state index is 3.35. The minimum absolute atomic E-state index is 0.681. The van der Waals surface area contributed by atoms with Gasteiger partial charge in [-0.25, -0.2) is 0 Å². The Morgan fingerprint density at radius 3 is 2.89 bits per heavy atom. The Balaban J connectivity index is 2.24. The van der Waals surface area contributed by atoms with Gasteiger partial charge in [0.25, 0.3) is 0 Å². The second-order valence-electron chi connectivity index (χ2n) is 2.83. The minimum atomic E-state index is 0.681. The molecule has 1 aliphatic heterocycles. The van der Waals surface area contributed by atoms with E-state index >= 15 is 0 Å². The van der Waals surface area contributed by atoms with Crippen LogP contribution < -0.4 is 10.6 Å². The predicted octanol–water partition coefficient (Wildman–Crippen LogP) is 0.204. The first-order chi connectivity index (χ1) is 4.34. The van der Waals surface area contributed by atoms with Crippen LogP contribution in [0.3, 0.4) is 0 Å². The lowest BCUT2D eigenvalue weighted by atomic mass is 10.0. The maximum Gasteiger partial charge on any atom is 0.00765 e. The van der Waals surface area contributed by atoms with Gasteiger partial charge in [-0.05, 0) is 39.4 Å². The predicted molar refractivity (Wildman–Crippen MR) is 39.5 cm³/mol. The third-order valence-electron chi connectivity index (χ3n) is 2.26. The van der Waals surface area contributed by atoms with Crippen molar-refractivity contribution in [2.75, 3.05) is 20.1 Å². The summed E-state index contributed by atoms with van der Waals surface area (Å²) in [7, 11) is 2.03. The van der Waals surface area contributed by atoms with Gasteiger partial charge in [0.1, 0.15) is 0 Å². The zero-order valence-electron chi connectivity index (χ0n) is 6.28. The SMILES string of the molecule is CN[C@@H](C)C1CCNC1. The van der Waals surface area contributed by atoms with Gasteiger partial charge in [0.15, 0.2) is 0 Å². The normalized spacial score (nSPS) is 30.7. The Hall–Kier alpha value is -0.0800. The van der Waals surface area contributed by atoms with Gasteiger partial charge >= 0.3 is 0 Å². The van der Waals surface area contributed by atoms with Crippen molar-refractivity contribution < 1.29 is 0 Å². The summed E-state index contributed by atoms with van der Waals surface area (Å²) in [6, 6.07) is 0.681. The molecule has 2 heteroatoms. The molecule has 1 aliphatic rings. The lowest BCUT2D eigenvalue weighted by molar-refractivity contribution is 0.425. The molecule has 0 saturated carbocycles. The van der Waals surface area contributed by atoms with Gasteiger partial charge < -0.3 is 10.6 Å². The van der Waals surface area contributed by atoms with Crippen LogP contribution in [0.2, 0.25) is 0 Å². The molecule has 1 rings (SSSR count). The average molecular weight is 128 g/mol. The van der Waals surface area contributed by atoms with Crippen molar-refractivity contribution in [2.45, 2.75) is 19.4 Å². The van der Waals surface area contributed by atoms with Crippen LogP contribution >= 0.6 is 0 Å². The Bertz CT molecular complexity index is 77.0. The second-order valence-corrected chi connectivity index (χ2v) is 2.83. The molecule has 0 aromatic heterocycles. The summed E-state index contributed by atoms with van der Waals surface area (Å²) in [5.41, 5.74) is 0. The van der Waals surface area contributed by atoms with Crippen molar-refractivity contribution in [3.8, 4) is 0 Å². The zero-order valence-corrected chi connectivity index (χ0v) is 6.28. The number of hydrogen-bond donors (Lipinski definition) is 2. The summed E-state index contributed by atoms with van der Waals surface area (Å²) < 4.78 is 0. The van der Waals surface area contributed by atoms with E-state index in [1.165, 1.54) is 19.5 Å². The van der Waals surface area contributed by atoms with Gasteiger partial charge in [0, 0.05) is 6.04 Å². The first kappa shape index (κ1) is 7.03. The summed E-state index contributed by atoms with van der Waals surface area (Å²) in [4.78, 5) is 0. The number of rotatable bonds is 2. The molecule has 9 heavy (non-hydrogen) atoms. The van der Waals surface area contributed by atoms with Gasteiger partial charge in [0.2, 0.25) is 0 Å². The molecule has 1 unspecified atom stereocenters. The quantitative estimate of drug-likeness (QED) is 0.555. The molecular weight excluding hydrogens is 112 g/mol. The molecule has 0 spiro atoms. The van der Waals surface area contributed by atoms with E-state index in [-0.39, 0.29) is 0 Å². The minimum Gasteiger partial charge on any atom is -0.317 e. The monoisotopic (exact) mass is 128 g/mol. The van der Waals surface area contributed by atoms with Crippen molar-refractivity contribution in [2.24, 2.45) is 5.92 Å². The van der Waals surface area contributed by atoms with Crippen molar-refractivity contribution >= 4 is 0 Å². The largest absolute Gasteiger partial charge is 0.317 e. The molecule has 2 N–H and O–H groups in total. The van der Waals surface area contributed by atoms with Crippen LogP contribution in [0.1, 0.15) is 13.3 Å². The summed E-state index contributed by atoms with van der Waals surface area (Å²) in [5, 5.41) is 6.61. The lowest BCUT2D eigenvalue weighted by Gasteiger charge is -2.16. The van der Waals surface area contributed by atoms with E-state index in [1.807, 2.05) is 7.05 Å². The third kappa shape index (κ3) is 1.66. The molecule has 1 heterocycles. The van der Waals surface area contributed by atoms with E-state index in [4.69, 9.17) is 0 Å². The topological polar surface area (TPSA) is 24.1 Å². The summed E-state index contributed by atoms with van der Waals surface area (Å²) in [6.45, 7) is 4.65. The fourth-order valence-electron chi connectivity index (χ4n) is 1.34. The van der Waals surface area contributed by atoms with Crippen molar-refractivity contribution in [1.29, 1.82) is 0 Å². The van der Waals surface area contributed by atoms with Crippen LogP contribution in [0.15, 0.2) is 0 Å². The fraction of sp³-hybridized carbons (Fsp3) is 1.00. The molecule has 2 atom stereocenters. The van der Waals surface area contributed by atoms with Gasteiger partial charge in [-0.3, -0.25) is 0 Å². The summed E-state index contributed by atoms with van der Waals surface area (Å²) in [6.07, 6.45) is 1.34. The van der Waals surface area contributed by atoms with E-state index < -0.39 is 0 Å². The van der Waals surface area contributed by atoms with Crippen molar-refractivity contribution in [3.05, 3.63) is 0 Å². The lowest BCUT2D eigenvalue weighted by Crippen LogP contribution is -2.31. The molecule has 0 aliphatic carbocycles. The molecule has 0 radical (unpaired) electrons. The standard InChI is InChI=1S/C7H16N2/c1-6(8-2)7-3-4-9-5-7/h6-9H,3-5H2,1-2H3/t6-,7?/m0/s1. The Kier molecular flexibility index (Phi) is 2.49. The van der Waals surface area contributed by atoms with Crippen LogP contribution in [0, 0.1) is 5.92 Å². The third-order valence-corrected chi connectivity index (χ3v) is 2.26. The second kappa shape index (κ2) is 3.18. The van der Waals surface area contributed by atoms with Crippen LogP contribution in [0.5, 0.6) is 0 Å². The van der Waals surface area contributed by atoms with Crippen LogP contribution in [-0.4, -0.2) is 26.2 Å². The number of hydrogen-bond acceptors (Lipinski definition) is 2. The zero-order chi connectivity index (χ0) is 6.69. The first-order valence-corrected chi connectivity index (χ1v) is 3.72. The summed E-state index contributed by atoms with van der Waals surface area (Å²) >= 11 is 0. The number of nitrogens with one attached hydrogen (secondary N) is 2. The summed E-state index contributed by atoms with van der Waals surface area (Å²) in [5.74, 6) is 0.856. The van der Waals surface area contributed by atoms with E-state index in [1.54, 1.807) is 0 Å². The van der Waals surface area contributed by atoms with E-state index in [0.717, 1.165) is 5.92 Å². The Labute approximate surface area is 57.0 Å². The highest BCUT2D eigenvalue weighted by Gasteiger charge is 2.18. The molecule has 2 nitrogen and oxygen atoms in total. The molecule has 0 amide bonds. The maximum atomic E-state index is 3.35. The fourth-order valence-corrected chi connectivity index (χ4v) is 1.34. The average Bonchev–Trinajstić information content (AvgIpc) is 2.37. The highest BCUT2D eigenvalue weighted by Crippen LogP contribution is 2.11. The van der Waals surface area contributed by atoms with Gasteiger partial charge in [0.05, 0.1) is 0 Å².